The van der Waals surface area contributed by atoms with Crippen molar-refractivity contribution in [3.63, 3.8) is 0 Å². The first kappa shape index (κ1) is 15.1. The minimum Gasteiger partial charge on any atom is -0.339 e. The Bertz CT molecular complexity index is 212. The van der Waals surface area contributed by atoms with Crippen LogP contribution in [-0.2, 0) is 4.79 Å². The number of rotatable bonds is 2. The molecule has 1 fully saturated rings. The number of halogens is 1. The highest BCUT2D eigenvalue weighted by Gasteiger charge is 2.27. The number of nitrogens with zero attached hydrogens (tertiary/aromatic N) is 1. The molecule has 0 aromatic rings. The Morgan fingerprint density at radius 2 is 2.07 bits per heavy atom. The molecule has 1 saturated heterocycles. The maximum atomic E-state index is 11.7. The second-order valence-corrected chi connectivity index (χ2v) is 5.57. The van der Waals surface area contributed by atoms with Crippen molar-refractivity contribution in [2.24, 2.45) is 11.7 Å². The van der Waals surface area contributed by atoms with Crippen LogP contribution in [0.3, 0.4) is 0 Å². The van der Waals surface area contributed by atoms with Crippen LogP contribution in [0.4, 0.5) is 0 Å². The summed E-state index contributed by atoms with van der Waals surface area (Å²) in [6.07, 6.45) is 0. The van der Waals surface area contributed by atoms with E-state index < -0.39 is 0 Å². The first-order valence-electron chi connectivity index (χ1n) is 5.18. The third-order valence-electron chi connectivity index (χ3n) is 2.54. The molecule has 0 bridgehead atoms. The van der Waals surface area contributed by atoms with Crippen LogP contribution in [0.15, 0.2) is 0 Å². The average molecular weight is 253 g/mol. The molecule has 1 amide bonds. The smallest absolute Gasteiger partial charge is 0.239 e. The Balaban J connectivity index is 0.00000196. The van der Waals surface area contributed by atoms with Crippen LogP contribution in [0, 0.1) is 5.92 Å². The summed E-state index contributed by atoms with van der Waals surface area (Å²) in [5.74, 6) is 1.76. The fourth-order valence-electron chi connectivity index (χ4n) is 1.57. The number of hydrogen-bond acceptors (Lipinski definition) is 3. The molecule has 1 heterocycles. The van der Waals surface area contributed by atoms with E-state index in [2.05, 4.69) is 13.8 Å². The number of amides is 1. The highest BCUT2D eigenvalue weighted by Crippen LogP contribution is 2.24. The standard InChI is InChI=1S/C10H20N2OS.ClH/c1-7(2)9-6-12(4-5-14-9)10(13)8(3)11;/h7-9H,4-6,11H2,1-3H3;1H/t8-,9?;/m1./s1. The van der Waals surface area contributed by atoms with E-state index in [4.69, 9.17) is 5.73 Å². The topological polar surface area (TPSA) is 46.3 Å². The minimum absolute atomic E-state index is 0. The Morgan fingerprint density at radius 3 is 2.53 bits per heavy atom. The molecule has 5 heteroatoms. The van der Waals surface area contributed by atoms with Gasteiger partial charge in [-0.25, -0.2) is 0 Å². The Kier molecular flexibility index (Phi) is 6.64. The minimum atomic E-state index is -0.356. The molecule has 0 spiro atoms. The maximum absolute atomic E-state index is 11.7. The average Bonchev–Trinajstić information content (AvgIpc) is 2.16. The quantitative estimate of drug-likeness (QED) is 0.807. The largest absolute Gasteiger partial charge is 0.339 e. The van der Waals surface area contributed by atoms with Gasteiger partial charge in [-0.2, -0.15) is 11.8 Å². The molecule has 0 aromatic heterocycles. The summed E-state index contributed by atoms with van der Waals surface area (Å²) in [6.45, 7) is 7.89. The summed E-state index contributed by atoms with van der Waals surface area (Å²) in [5, 5.41) is 0.575. The van der Waals surface area contributed by atoms with Crippen molar-refractivity contribution in [2.45, 2.75) is 32.1 Å². The van der Waals surface area contributed by atoms with Gasteiger partial charge < -0.3 is 10.6 Å². The van der Waals surface area contributed by atoms with Gasteiger partial charge >= 0.3 is 0 Å². The molecule has 15 heavy (non-hydrogen) atoms. The van der Waals surface area contributed by atoms with Crippen LogP contribution >= 0.6 is 24.2 Å². The van der Waals surface area contributed by atoms with Crippen LogP contribution < -0.4 is 5.73 Å². The van der Waals surface area contributed by atoms with Crippen LogP contribution in [0.1, 0.15) is 20.8 Å². The van der Waals surface area contributed by atoms with Gasteiger partial charge in [0, 0.05) is 24.1 Å². The van der Waals surface area contributed by atoms with Crippen LogP contribution in [-0.4, -0.2) is 40.9 Å². The summed E-state index contributed by atoms with van der Waals surface area (Å²) in [6, 6.07) is -0.356. The summed E-state index contributed by atoms with van der Waals surface area (Å²) < 4.78 is 0. The SMILES string of the molecule is CC(C)C1CN(C(=O)[C@@H](C)N)CCS1.Cl. The fraction of sp³-hybridized carbons (Fsp3) is 0.900. The number of hydrogen-bond donors (Lipinski definition) is 1. The van der Waals surface area contributed by atoms with E-state index in [0.717, 1.165) is 18.8 Å². The lowest BCUT2D eigenvalue weighted by atomic mass is 10.1. The first-order chi connectivity index (χ1) is 6.52. The molecule has 3 nitrogen and oxygen atoms in total. The number of carbonyl (C=O) groups is 1. The second-order valence-electron chi connectivity index (χ2n) is 4.23. The lowest BCUT2D eigenvalue weighted by molar-refractivity contribution is -0.132. The van der Waals surface area contributed by atoms with Gasteiger partial charge in [-0.3, -0.25) is 4.79 Å². The van der Waals surface area contributed by atoms with Crippen LogP contribution in [0.2, 0.25) is 0 Å². The van der Waals surface area contributed by atoms with E-state index in [-0.39, 0.29) is 24.4 Å². The summed E-state index contributed by atoms with van der Waals surface area (Å²) >= 11 is 1.97. The lowest BCUT2D eigenvalue weighted by Gasteiger charge is -2.35. The zero-order valence-corrected chi connectivity index (χ0v) is 11.2. The fourth-order valence-corrected chi connectivity index (χ4v) is 2.87. The van der Waals surface area contributed by atoms with E-state index in [0.29, 0.717) is 11.2 Å². The van der Waals surface area contributed by atoms with E-state index >= 15 is 0 Å². The van der Waals surface area contributed by atoms with Crippen molar-refractivity contribution < 1.29 is 4.79 Å². The van der Waals surface area contributed by atoms with Crippen molar-refractivity contribution in [3.8, 4) is 0 Å². The molecular weight excluding hydrogens is 232 g/mol. The Morgan fingerprint density at radius 1 is 1.47 bits per heavy atom. The van der Waals surface area contributed by atoms with E-state index in [1.54, 1.807) is 6.92 Å². The summed E-state index contributed by atoms with van der Waals surface area (Å²) in [5.41, 5.74) is 5.59. The first-order valence-corrected chi connectivity index (χ1v) is 6.23. The lowest BCUT2D eigenvalue weighted by Crippen LogP contribution is -2.49. The molecule has 1 aliphatic heterocycles. The van der Waals surface area contributed by atoms with Gasteiger partial charge in [-0.05, 0) is 12.8 Å². The molecule has 1 rings (SSSR count). The Hall–Kier alpha value is 0.0700. The van der Waals surface area contributed by atoms with Crippen molar-refractivity contribution in [1.82, 2.24) is 4.90 Å². The molecule has 90 valence electrons. The monoisotopic (exact) mass is 252 g/mol. The molecule has 1 unspecified atom stereocenters. The highest BCUT2D eigenvalue weighted by atomic mass is 35.5. The van der Waals surface area contributed by atoms with Gasteiger partial charge in [0.1, 0.15) is 0 Å². The predicted molar refractivity (Wildman–Crippen MR) is 68.6 cm³/mol. The highest BCUT2D eigenvalue weighted by molar-refractivity contribution is 8.00. The second kappa shape index (κ2) is 6.61. The molecule has 0 aromatic carbocycles. The molecule has 2 N–H and O–H groups in total. The Labute approximate surface area is 103 Å². The van der Waals surface area contributed by atoms with Crippen molar-refractivity contribution in [1.29, 1.82) is 0 Å². The van der Waals surface area contributed by atoms with Gasteiger partial charge in [0.2, 0.25) is 5.91 Å². The normalized spacial score (nSPS) is 23.5. The van der Waals surface area contributed by atoms with E-state index in [9.17, 15) is 4.79 Å². The van der Waals surface area contributed by atoms with Crippen LogP contribution in [0.5, 0.6) is 0 Å². The number of thioether (sulfide) groups is 1. The van der Waals surface area contributed by atoms with Gasteiger partial charge in [0.05, 0.1) is 6.04 Å². The molecule has 0 radical (unpaired) electrons. The number of nitrogens with two attached hydrogens (primary N) is 1. The zero-order valence-electron chi connectivity index (χ0n) is 9.60. The summed E-state index contributed by atoms with van der Waals surface area (Å²) in [7, 11) is 0. The molecule has 1 aliphatic rings. The number of carbonyl (C=O) groups excluding carboxylic acids is 1. The van der Waals surface area contributed by atoms with Gasteiger partial charge in [-0.1, -0.05) is 13.8 Å². The third kappa shape index (κ3) is 4.21. The van der Waals surface area contributed by atoms with E-state index in [1.807, 2.05) is 16.7 Å². The zero-order chi connectivity index (χ0) is 10.7. The van der Waals surface area contributed by atoms with Gasteiger partial charge in [0.25, 0.3) is 0 Å². The van der Waals surface area contributed by atoms with Crippen molar-refractivity contribution in [2.75, 3.05) is 18.8 Å². The van der Waals surface area contributed by atoms with Gasteiger partial charge in [0.15, 0.2) is 0 Å². The third-order valence-corrected chi connectivity index (χ3v) is 4.08. The predicted octanol–water partition coefficient (Wildman–Crippen LogP) is 1.36. The molecule has 2 atom stereocenters. The molecular formula is C10H21ClN2OS. The summed E-state index contributed by atoms with van der Waals surface area (Å²) in [4.78, 5) is 13.6. The molecule has 0 saturated carbocycles. The van der Waals surface area contributed by atoms with Crippen LogP contribution in [0.25, 0.3) is 0 Å². The molecule has 0 aliphatic carbocycles. The van der Waals surface area contributed by atoms with Crippen molar-refractivity contribution >= 4 is 30.1 Å². The van der Waals surface area contributed by atoms with E-state index in [1.165, 1.54) is 0 Å². The van der Waals surface area contributed by atoms with Crippen molar-refractivity contribution in [3.05, 3.63) is 0 Å². The maximum Gasteiger partial charge on any atom is 0.239 e. The van der Waals surface area contributed by atoms with Gasteiger partial charge in [-0.15, -0.1) is 12.4 Å².